The summed E-state index contributed by atoms with van der Waals surface area (Å²) in [5, 5.41) is 0. The molecule has 1 saturated heterocycles. The minimum Gasteiger partial charge on any atom is -0.378 e. The highest BCUT2D eigenvalue weighted by molar-refractivity contribution is 5.82. The van der Waals surface area contributed by atoms with E-state index in [-0.39, 0.29) is 12.5 Å². The maximum atomic E-state index is 12.2. The van der Waals surface area contributed by atoms with Gasteiger partial charge in [0.05, 0.1) is 24.2 Å². The maximum Gasteiger partial charge on any atom is 0.242 e. The predicted molar refractivity (Wildman–Crippen MR) is 71.5 cm³/mol. The van der Waals surface area contributed by atoms with Crippen LogP contribution in [0.25, 0.3) is 11.0 Å². The van der Waals surface area contributed by atoms with Crippen molar-refractivity contribution in [1.29, 1.82) is 0 Å². The van der Waals surface area contributed by atoms with Crippen LogP contribution >= 0.6 is 0 Å². The van der Waals surface area contributed by atoms with Crippen LogP contribution in [0.3, 0.4) is 0 Å². The number of imidazole rings is 1. The lowest BCUT2D eigenvalue weighted by Gasteiger charge is -2.27. The molecule has 1 amide bonds. The average molecular weight is 260 g/mol. The van der Waals surface area contributed by atoms with E-state index in [9.17, 15) is 4.79 Å². The van der Waals surface area contributed by atoms with E-state index in [1.807, 2.05) is 24.3 Å². The molecule has 1 aromatic carbocycles. The first kappa shape index (κ1) is 12.0. The number of benzene rings is 1. The molecule has 0 saturated carbocycles. The molecule has 6 nitrogen and oxygen atoms in total. The zero-order chi connectivity index (χ0) is 13.2. The van der Waals surface area contributed by atoms with Crippen LogP contribution in [0.4, 0.5) is 5.95 Å². The van der Waals surface area contributed by atoms with E-state index in [1.165, 1.54) is 0 Å². The van der Waals surface area contributed by atoms with Gasteiger partial charge in [0.1, 0.15) is 6.54 Å². The molecule has 1 aliphatic rings. The van der Waals surface area contributed by atoms with Gasteiger partial charge in [0.25, 0.3) is 0 Å². The summed E-state index contributed by atoms with van der Waals surface area (Å²) < 4.78 is 7.00. The highest BCUT2D eigenvalue weighted by Crippen LogP contribution is 2.17. The second-order valence-electron chi connectivity index (χ2n) is 4.54. The summed E-state index contributed by atoms with van der Waals surface area (Å²) in [6.45, 7) is 2.72. The molecule has 2 N–H and O–H groups in total. The van der Waals surface area contributed by atoms with Crippen molar-refractivity contribution >= 4 is 22.9 Å². The average Bonchev–Trinajstić information content (AvgIpc) is 2.76. The van der Waals surface area contributed by atoms with E-state index in [1.54, 1.807) is 9.47 Å². The molecule has 0 radical (unpaired) electrons. The first-order valence-electron chi connectivity index (χ1n) is 6.32. The van der Waals surface area contributed by atoms with Gasteiger partial charge in [-0.25, -0.2) is 4.98 Å². The molecule has 0 spiro atoms. The van der Waals surface area contributed by atoms with Crippen LogP contribution in [-0.4, -0.2) is 46.7 Å². The van der Waals surface area contributed by atoms with Gasteiger partial charge in [-0.05, 0) is 12.1 Å². The molecule has 0 aliphatic carbocycles. The van der Waals surface area contributed by atoms with Gasteiger partial charge < -0.3 is 19.9 Å². The number of hydrogen-bond acceptors (Lipinski definition) is 4. The Bertz CT molecular complexity index is 602. The number of aromatic nitrogens is 2. The van der Waals surface area contributed by atoms with Gasteiger partial charge in [0.2, 0.25) is 11.9 Å². The summed E-state index contributed by atoms with van der Waals surface area (Å²) in [5.41, 5.74) is 7.59. The summed E-state index contributed by atoms with van der Waals surface area (Å²) in [4.78, 5) is 18.3. The van der Waals surface area contributed by atoms with Crippen molar-refractivity contribution in [3.8, 4) is 0 Å². The van der Waals surface area contributed by atoms with E-state index in [0.717, 1.165) is 11.0 Å². The minimum atomic E-state index is 0.0538. The molecule has 100 valence electrons. The van der Waals surface area contributed by atoms with E-state index in [2.05, 4.69) is 4.98 Å². The number of carbonyl (C=O) groups is 1. The largest absolute Gasteiger partial charge is 0.378 e. The number of anilines is 1. The van der Waals surface area contributed by atoms with Crippen molar-refractivity contribution in [2.24, 2.45) is 0 Å². The Morgan fingerprint density at radius 2 is 2.05 bits per heavy atom. The summed E-state index contributed by atoms with van der Waals surface area (Å²) in [7, 11) is 0. The zero-order valence-electron chi connectivity index (χ0n) is 10.6. The molecule has 2 aromatic rings. The Labute approximate surface area is 110 Å². The number of nitrogens with zero attached hydrogens (tertiary/aromatic N) is 3. The van der Waals surface area contributed by atoms with Crippen molar-refractivity contribution < 1.29 is 9.53 Å². The number of ether oxygens (including phenoxy) is 1. The predicted octanol–water partition coefficient (Wildman–Crippen LogP) is 0.477. The fourth-order valence-electron chi connectivity index (χ4n) is 2.31. The van der Waals surface area contributed by atoms with Crippen LogP contribution in [0.1, 0.15) is 0 Å². The third-order valence-corrected chi connectivity index (χ3v) is 3.34. The number of carbonyl (C=O) groups excluding carboxylic acids is 1. The number of hydrogen-bond donors (Lipinski definition) is 1. The van der Waals surface area contributed by atoms with Gasteiger partial charge >= 0.3 is 0 Å². The molecule has 3 rings (SSSR count). The number of morpholine rings is 1. The first-order chi connectivity index (χ1) is 9.25. The Kier molecular flexibility index (Phi) is 3.08. The number of para-hydroxylation sites is 2. The topological polar surface area (TPSA) is 73.4 Å². The van der Waals surface area contributed by atoms with Gasteiger partial charge in [-0.2, -0.15) is 0 Å². The van der Waals surface area contributed by atoms with Gasteiger partial charge in [-0.1, -0.05) is 12.1 Å². The van der Waals surface area contributed by atoms with Crippen LogP contribution in [0.5, 0.6) is 0 Å². The lowest BCUT2D eigenvalue weighted by atomic mass is 10.3. The summed E-state index contributed by atoms with van der Waals surface area (Å²) >= 11 is 0. The fourth-order valence-corrected chi connectivity index (χ4v) is 2.31. The summed E-state index contributed by atoms with van der Waals surface area (Å²) in [6.07, 6.45) is 0. The molecular weight excluding hydrogens is 244 g/mol. The van der Waals surface area contributed by atoms with Crippen molar-refractivity contribution in [3.63, 3.8) is 0 Å². The highest BCUT2D eigenvalue weighted by Gasteiger charge is 2.19. The molecule has 1 fully saturated rings. The standard InChI is InChI=1S/C13H16N4O2/c14-13-15-10-3-1-2-4-11(10)17(13)9-12(18)16-5-7-19-8-6-16/h1-4H,5-9H2,(H2,14,15). The van der Waals surface area contributed by atoms with Crippen molar-refractivity contribution in [3.05, 3.63) is 24.3 Å². The minimum absolute atomic E-state index is 0.0538. The molecule has 19 heavy (non-hydrogen) atoms. The molecule has 2 heterocycles. The Morgan fingerprint density at radius 3 is 2.84 bits per heavy atom. The van der Waals surface area contributed by atoms with Crippen molar-refractivity contribution in [1.82, 2.24) is 14.5 Å². The lowest BCUT2D eigenvalue weighted by molar-refractivity contribution is -0.135. The smallest absolute Gasteiger partial charge is 0.242 e. The third-order valence-electron chi connectivity index (χ3n) is 3.34. The van der Waals surface area contributed by atoms with Gasteiger partial charge in [0, 0.05) is 13.1 Å². The van der Waals surface area contributed by atoms with Gasteiger partial charge in [-0.3, -0.25) is 4.79 Å². The lowest BCUT2D eigenvalue weighted by Crippen LogP contribution is -2.42. The number of amides is 1. The molecule has 1 aromatic heterocycles. The zero-order valence-corrected chi connectivity index (χ0v) is 10.6. The Morgan fingerprint density at radius 1 is 1.32 bits per heavy atom. The Balaban J connectivity index is 1.84. The highest BCUT2D eigenvalue weighted by atomic mass is 16.5. The van der Waals surface area contributed by atoms with E-state index in [0.29, 0.717) is 32.3 Å². The SMILES string of the molecule is Nc1nc2ccccc2n1CC(=O)N1CCOCC1. The Hall–Kier alpha value is -2.08. The summed E-state index contributed by atoms with van der Waals surface area (Å²) in [5.74, 6) is 0.431. The third kappa shape index (κ3) is 2.26. The van der Waals surface area contributed by atoms with E-state index < -0.39 is 0 Å². The molecular formula is C13H16N4O2. The van der Waals surface area contributed by atoms with E-state index >= 15 is 0 Å². The maximum absolute atomic E-state index is 12.2. The van der Waals surface area contributed by atoms with Gasteiger partial charge in [-0.15, -0.1) is 0 Å². The second kappa shape index (κ2) is 4.89. The molecule has 0 unspecified atom stereocenters. The number of nitrogens with two attached hydrogens (primary N) is 1. The van der Waals surface area contributed by atoms with Crippen molar-refractivity contribution in [2.45, 2.75) is 6.54 Å². The van der Waals surface area contributed by atoms with Crippen LogP contribution in [-0.2, 0) is 16.1 Å². The van der Waals surface area contributed by atoms with Crippen molar-refractivity contribution in [2.75, 3.05) is 32.0 Å². The quantitative estimate of drug-likeness (QED) is 0.852. The normalized spacial score (nSPS) is 15.9. The van der Waals surface area contributed by atoms with Crippen LogP contribution in [0.15, 0.2) is 24.3 Å². The van der Waals surface area contributed by atoms with Crippen LogP contribution in [0.2, 0.25) is 0 Å². The second-order valence-corrected chi connectivity index (χ2v) is 4.54. The fraction of sp³-hybridized carbons (Fsp3) is 0.385. The summed E-state index contributed by atoms with van der Waals surface area (Å²) in [6, 6.07) is 7.63. The van der Waals surface area contributed by atoms with Gasteiger partial charge in [0.15, 0.2) is 0 Å². The number of rotatable bonds is 2. The number of fused-ring (bicyclic) bond motifs is 1. The van der Waals surface area contributed by atoms with E-state index in [4.69, 9.17) is 10.5 Å². The van der Waals surface area contributed by atoms with Crippen LogP contribution in [0, 0.1) is 0 Å². The molecule has 6 heteroatoms. The molecule has 1 aliphatic heterocycles. The monoisotopic (exact) mass is 260 g/mol. The first-order valence-corrected chi connectivity index (χ1v) is 6.32. The number of nitrogen functional groups attached to an aromatic ring is 1. The van der Waals surface area contributed by atoms with Crippen LogP contribution < -0.4 is 5.73 Å². The molecule has 0 bridgehead atoms. The molecule has 0 atom stereocenters.